The molecule has 2 aromatic heterocycles. The molecule has 1 N–H and O–H groups in total. The molecule has 0 aliphatic carbocycles. The van der Waals surface area contributed by atoms with Gasteiger partial charge in [-0.15, -0.1) is 0 Å². The molecule has 2 heterocycles. The number of nitrogens with one attached hydrogen (secondary N) is 1. The second kappa shape index (κ2) is 10.9. The average molecular weight is 503 g/mol. The Kier molecular flexibility index (Phi) is 8.32. The summed E-state index contributed by atoms with van der Waals surface area (Å²) in [5.74, 6) is 0.173. The summed E-state index contributed by atoms with van der Waals surface area (Å²) < 4.78 is 46.7. The number of aryl methyl sites for hydroxylation is 1. The number of hydrogen-bond donors (Lipinski definition) is 1. The summed E-state index contributed by atoms with van der Waals surface area (Å²) in [6, 6.07) is 13.5. The first-order valence-corrected chi connectivity index (χ1v) is 14.6. The van der Waals surface area contributed by atoms with Crippen molar-refractivity contribution < 1.29 is 17.6 Å². The predicted molar refractivity (Wildman–Crippen MR) is 136 cm³/mol. The lowest BCUT2D eigenvalue weighted by Crippen LogP contribution is -2.41. The number of halogens is 3. The van der Waals surface area contributed by atoms with Crippen molar-refractivity contribution in [1.82, 2.24) is 15.0 Å². The zero-order valence-corrected chi connectivity index (χ0v) is 21.9. The standard InChI is InChI=1S/C26H33F3N4OSi/c1-25(2,3)35(4,5)34-16-8-10-23-21(26(27,28)29)18-32-24(33-23)31-17-19-11-13-20(14-12-19)22-9-6-7-15-30-22/h6-7,9,11-15,18H,8,10,16-17H2,1-5H3,(H,31,32,33). The molecule has 3 rings (SSSR count). The number of alkyl halides is 3. The van der Waals surface area contributed by atoms with Crippen LogP contribution in [-0.4, -0.2) is 29.9 Å². The monoisotopic (exact) mass is 502 g/mol. The van der Waals surface area contributed by atoms with E-state index in [4.69, 9.17) is 4.43 Å². The molecule has 1 aromatic carbocycles. The summed E-state index contributed by atoms with van der Waals surface area (Å²) >= 11 is 0. The van der Waals surface area contributed by atoms with Crippen molar-refractivity contribution in [1.29, 1.82) is 0 Å². The molecule has 0 fully saturated rings. The van der Waals surface area contributed by atoms with E-state index in [-0.39, 0.29) is 23.1 Å². The molecular weight excluding hydrogens is 469 g/mol. The van der Waals surface area contributed by atoms with Gasteiger partial charge in [-0.3, -0.25) is 4.98 Å². The minimum absolute atomic E-state index is 0.0145. The van der Waals surface area contributed by atoms with E-state index in [1.807, 2.05) is 42.5 Å². The quantitative estimate of drug-likeness (QED) is 0.249. The van der Waals surface area contributed by atoms with Crippen molar-refractivity contribution >= 4 is 14.3 Å². The fourth-order valence-corrected chi connectivity index (χ4v) is 4.31. The molecule has 0 bridgehead atoms. The molecule has 0 atom stereocenters. The molecular formula is C26H33F3N4OSi. The number of pyridine rings is 1. The molecule has 3 aromatic rings. The van der Waals surface area contributed by atoms with E-state index in [2.05, 4.69) is 54.1 Å². The minimum Gasteiger partial charge on any atom is -0.417 e. The van der Waals surface area contributed by atoms with Gasteiger partial charge in [-0.25, -0.2) is 9.97 Å². The van der Waals surface area contributed by atoms with E-state index in [9.17, 15) is 13.2 Å². The first kappa shape index (κ1) is 26.8. The SMILES string of the molecule is CC(C)(C)[Si](C)(C)OCCCc1nc(NCc2ccc(-c3ccccn3)cc2)ncc1C(F)(F)F. The summed E-state index contributed by atoms with van der Waals surface area (Å²) in [5.41, 5.74) is 2.01. The van der Waals surface area contributed by atoms with Gasteiger partial charge in [-0.1, -0.05) is 51.1 Å². The Morgan fingerprint density at radius 3 is 2.29 bits per heavy atom. The van der Waals surface area contributed by atoms with Gasteiger partial charge in [0, 0.05) is 31.1 Å². The van der Waals surface area contributed by atoms with Crippen LogP contribution in [0.3, 0.4) is 0 Å². The van der Waals surface area contributed by atoms with Crippen LogP contribution in [0.2, 0.25) is 18.1 Å². The minimum atomic E-state index is -4.50. The third-order valence-corrected chi connectivity index (χ3v) is 10.9. The van der Waals surface area contributed by atoms with E-state index >= 15 is 0 Å². The second-order valence-corrected chi connectivity index (χ2v) is 14.8. The molecule has 0 saturated heterocycles. The average Bonchev–Trinajstić information content (AvgIpc) is 2.80. The van der Waals surface area contributed by atoms with Crippen molar-refractivity contribution in [3.63, 3.8) is 0 Å². The van der Waals surface area contributed by atoms with Crippen molar-refractivity contribution in [3.8, 4) is 11.3 Å². The molecule has 9 heteroatoms. The number of anilines is 1. The van der Waals surface area contributed by atoms with Gasteiger partial charge < -0.3 is 9.74 Å². The first-order chi connectivity index (χ1) is 16.4. The molecule has 0 unspecified atom stereocenters. The number of hydrogen-bond acceptors (Lipinski definition) is 5. The maximum Gasteiger partial charge on any atom is 0.419 e. The summed E-state index contributed by atoms with van der Waals surface area (Å²) in [6.45, 7) is 11.5. The van der Waals surface area contributed by atoms with E-state index in [1.54, 1.807) is 6.20 Å². The fourth-order valence-electron chi connectivity index (χ4n) is 3.22. The van der Waals surface area contributed by atoms with Gasteiger partial charge in [0.15, 0.2) is 8.32 Å². The van der Waals surface area contributed by atoms with Crippen LogP contribution >= 0.6 is 0 Å². The molecule has 0 radical (unpaired) electrons. The highest BCUT2D eigenvalue weighted by atomic mass is 28.4. The van der Waals surface area contributed by atoms with Gasteiger partial charge >= 0.3 is 6.18 Å². The Morgan fingerprint density at radius 1 is 0.971 bits per heavy atom. The van der Waals surface area contributed by atoms with Crippen LogP contribution < -0.4 is 5.32 Å². The van der Waals surface area contributed by atoms with Gasteiger partial charge in [0.2, 0.25) is 5.95 Å². The zero-order chi connectivity index (χ0) is 25.7. The third kappa shape index (κ3) is 7.35. The second-order valence-electron chi connectivity index (χ2n) is 10.0. The van der Waals surface area contributed by atoms with Crippen LogP contribution in [0, 0.1) is 0 Å². The van der Waals surface area contributed by atoms with Crippen LogP contribution in [0.1, 0.15) is 44.0 Å². The highest BCUT2D eigenvalue weighted by molar-refractivity contribution is 6.74. The van der Waals surface area contributed by atoms with Crippen molar-refractivity contribution in [2.45, 2.75) is 64.5 Å². The smallest absolute Gasteiger partial charge is 0.417 e. The Balaban J connectivity index is 1.64. The molecule has 0 amide bonds. The zero-order valence-electron chi connectivity index (χ0n) is 20.9. The lowest BCUT2D eigenvalue weighted by Gasteiger charge is -2.36. The maximum atomic E-state index is 13.5. The summed E-state index contributed by atoms with van der Waals surface area (Å²) in [5, 5.41) is 3.09. The Labute approximate surface area is 206 Å². The molecule has 0 aliphatic rings. The van der Waals surface area contributed by atoms with Gasteiger partial charge in [0.25, 0.3) is 0 Å². The number of aromatic nitrogens is 3. The maximum absolute atomic E-state index is 13.5. The summed E-state index contributed by atoms with van der Waals surface area (Å²) in [4.78, 5) is 12.4. The molecule has 0 spiro atoms. The van der Waals surface area contributed by atoms with Gasteiger partial charge in [0.05, 0.1) is 17.0 Å². The van der Waals surface area contributed by atoms with Crippen molar-refractivity contribution in [2.24, 2.45) is 0 Å². The van der Waals surface area contributed by atoms with Gasteiger partial charge in [0.1, 0.15) is 0 Å². The van der Waals surface area contributed by atoms with E-state index < -0.39 is 20.1 Å². The van der Waals surface area contributed by atoms with Crippen LogP contribution in [0.4, 0.5) is 19.1 Å². The van der Waals surface area contributed by atoms with E-state index in [0.717, 1.165) is 23.0 Å². The Hall–Kier alpha value is -2.78. The predicted octanol–water partition coefficient (Wildman–Crippen LogP) is 7.12. The van der Waals surface area contributed by atoms with Crippen LogP contribution in [0.15, 0.2) is 54.9 Å². The van der Waals surface area contributed by atoms with Crippen molar-refractivity contribution in [2.75, 3.05) is 11.9 Å². The molecule has 5 nitrogen and oxygen atoms in total. The summed E-state index contributed by atoms with van der Waals surface area (Å²) in [7, 11) is -1.95. The van der Waals surface area contributed by atoms with Crippen LogP contribution in [-0.2, 0) is 23.6 Å². The summed E-state index contributed by atoms with van der Waals surface area (Å²) in [6.07, 6.45) is -1.27. The first-order valence-electron chi connectivity index (χ1n) is 11.7. The van der Waals surface area contributed by atoms with E-state index in [0.29, 0.717) is 19.6 Å². The highest BCUT2D eigenvalue weighted by Crippen LogP contribution is 2.37. The Morgan fingerprint density at radius 2 is 1.69 bits per heavy atom. The number of nitrogens with zero attached hydrogens (tertiary/aromatic N) is 3. The van der Waals surface area contributed by atoms with Gasteiger partial charge in [-0.05, 0) is 48.7 Å². The lowest BCUT2D eigenvalue weighted by atomic mass is 10.1. The Bertz CT molecular complexity index is 1100. The molecule has 188 valence electrons. The topological polar surface area (TPSA) is 59.9 Å². The van der Waals surface area contributed by atoms with Crippen LogP contribution in [0.25, 0.3) is 11.3 Å². The molecule has 35 heavy (non-hydrogen) atoms. The molecule has 0 aliphatic heterocycles. The van der Waals surface area contributed by atoms with Gasteiger partial charge in [-0.2, -0.15) is 13.2 Å². The third-order valence-electron chi connectivity index (χ3n) is 6.37. The molecule has 0 saturated carbocycles. The highest BCUT2D eigenvalue weighted by Gasteiger charge is 2.37. The van der Waals surface area contributed by atoms with Crippen molar-refractivity contribution in [3.05, 3.63) is 71.7 Å². The lowest BCUT2D eigenvalue weighted by molar-refractivity contribution is -0.138. The largest absolute Gasteiger partial charge is 0.419 e. The normalized spacial score (nSPS) is 12.6. The fraction of sp³-hybridized carbons (Fsp3) is 0.423. The van der Waals surface area contributed by atoms with Crippen LogP contribution in [0.5, 0.6) is 0 Å². The van der Waals surface area contributed by atoms with E-state index in [1.165, 1.54) is 0 Å². The number of rotatable bonds is 9. The number of benzene rings is 1.